The van der Waals surface area contributed by atoms with Crippen LogP contribution in [-0.2, 0) is 11.2 Å². The normalized spacial score (nSPS) is 21.5. The van der Waals surface area contributed by atoms with Crippen LogP contribution in [-0.4, -0.2) is 25.8 Å². The highest BCUT2D eigenvalue weighted by Gasteiger charge is 2.13. The maximum Gasteiger partial charge on any atom is 0.0703 e. The van der Waals surface area contributed by atoms with Crippen molar-refractivity contribution in [1.82, 2.24) is 5.32 Å². The summed E-state index contributed by atoms with van der Waals surface area (Å²) in [7, 11) is 0. The zero-order valence-electron chi connectivity index (χ0n) is 9.33. The van der Waals surface area contributed by atoms with Gasteiger partial charge in [-0.25, -0.2) is 0 Å². The lowest BCUT2D eigenvalue weighted by atomic mass is 10.0. The van der Waals surface area contributed by atoms with Crippen molar-refractivity contribution in [3.8, 4) is 0 Å². The maximum atomic E-state index is 5.68. The lowest BCUT2D eigenvalue weighted by Gasteiger charge is -2.23. The Kier molecular flexibility index (Phi) is 3.75. The number of rotatable bonds is 3. The van der Waals surface area contributed by atoms with Gasteiger partial charge in [0.25, 0.3) is 0 Å². The van der Waals surface area contributed by atoms with E-state index in [2.05, 4.69) is 36.5 Å². The highest BCUT2D eigenvalue weighted by atomic mass is 16.5. The number of morpholine rings is 1. The van der Waals surface area contributed by atoms with Gasteiger partial charge in [-0.2, -0.15) is 0 Å². The summed E-state index contributed by atoms with van der Waals surface area (Å²) in [6.45, 7) is 5.04. The summed E-state index contributed by atoms with van der Waals surface area (Å²) in [5.74, 6) is 0. The molecule has 2 nitrogen and oxygen atoms in total. The Morgan fingerprint density at radius 1 is 1.40 bits per heavy atom. The average Bonchev–Trinajstić information content (AvgIpc) is 2.29. The van der Waals surface area contributed by atoms with E-state index >= 15 is 0 Å². The molecule has 0 saturated carbocycles. The number of ether oxygens (including phenoxy) is 1. The Morgan fingerprint density at radius 2 is 2.27 bits per heavy atom. The Balaban J connectivity index is 1.84. The fourth-order valence-electron chi connectivity index (χ4n) is 2.01. The van der Waals surface area contributed by atoms with Crippen molar-refractivity contribution >= 4 is 0 Å². The van der Waals surface area contributed by atoms with E-state index in [1.54, 1.807) is 0 Å². The van der Waals surface area contributed by atoms with Gasteiger partial charge in [0.15, 0.2) is 0 Å². The number of nitrogens with one attached hydrogen (secondary N) is 1. The van der Waals surface area contributed by atoms with Gasteiger partial charge in [0.2, 0.25) is 0 Å². The van der Waals surface area contributed by atoms with Crippen molar-refractivity contribution in [2.24, 2.45) is 0 Å². The molecule has 2 heteroatoms. The molecule has 82 valence electrons. The predicted octanol–water partition coefficient (Wildman–Crippen LogP) is 1.92. The number of benzene rings is 1. The average molecular weight is 205 g/mol. The lowest BCUT2D eigenvalue weighted by Crippen LogP contribution is -2.38. The molecule has 1 atom stereocenters. The standard InChI is InChI=1S/C13H19NO/c1-11-4-2-3-5-12(11)6-7-13-10-14-8-9-15-13/h2-5,13-14H,6-10H2,1H3. The van der Waals surface area contributed by atoms with Crippen molar-refractivity contribution in [2.45, 2.75) is 25.9 Å². The minimum Gasteiger partial charge on any atom is -0.376 e. The predicted molar refractivity (Wildman–Crippen MR) is 62.1 cm³/mol. The number of aryl methyl sites for hydroxylation is 2. The molecule has 0 amide bonds. The second kappa shape index (κ2) is 5.29. The monoisotopic (exact) mass is 205 g/mol. The van der Waals surface area contributed by atoms with Gasteiger partial charge < -0.3 is 10.1 Å². The minimum absolute atomic E-state index is 0.401. The van der Waals surface area contributed by atoms with Crippen LogP contribution < -0.4 is 5.32 Å². The first kappa shape index (κ1) is 10.7. The van der Waals surface area contributed by atoms with Crippen molar-refractivity contribution in [2.75, 3.05) is 19.7 Å². The highest BCUT2D eigenvalue weighted by molar-refractivity contribution is 5.25. The second-order valence-electron chi connectivity index (χ2n) is 4.16. The molecule has 0 bridgehead atoms. The highest BCUT2D eigenvalue weighted by Crippen LogP contribution is 2.12. The fraction of sp³-hybridized carbons (Fsp3) is 0.538. The maximum absolute atomic E-state index is 5.68. The van der Waals surface area contributed by atoms with Gasteiger partial charge in [-0.15, -0.1) is 0 Å². The van der Waals surface area contributed by atoms with Crippen LogP contribution in [0.1, 0.15) is 17.5 Å². The first-order valence-electron chi connectivity index (χ1n) is 5.73. The summed E-state index contributed by atoms with van der Waals surface area (Å²) in [5.41, 5.74) is 2.84. The van der Waals surface area contributed by atoms with Gasteiger partial charge in [-0.3, -0.25) is 0 Å². The first-order valence-corrected chi connectivity index (χ1v) is 5.73. The van der Waals surface area contributed by atoms with E-state index in [-0.39, 0.29) is 0 Å². The van der Waals surface area contributed by atoms with Gasteiger partial charge in [-0.05, 0) is 30.9 Å². The van der Waals surface area contributed by atoms with E-state index in [9.17, 15) is 0 Å². The third-order valence-corrected chi connectivity index (χ3v) is 3.00. The van der Waals surface area contributed by atoms with Crippen LogP contribution in [0.2, 0.25) is 0 Å². The molecule has 1 unspecified atom stereocenters. The molecule has 2 rings (SSSR count). The van der Waals surface area contributed by atoms with E-state index in [0.717, 1.165) is 32.5 Å². The Labute approximate surface area is 91.6 Å². The quantitative estimate of drug-likeness (QED) is 0.814. The lowest BCUT2D eigenvalue weighted by molar-refractivity contribution is 0.0238. The van der Waals surface area contributed by atoms with Crippen LogP contribution in [0.25, 0.3) is 0 Å². The largest absolute Gasteiger partial charge is 0.376 e. The van der Waals surface area contributed by atoms with E-state index in [4.69, 9.17) is 4.74 Å². The van der Waals surface area contributed by atoms with E-state index < -0.39 is 0 Å². The molecule has 0 spiro atoms. The van der Waals surface area contributed by atoms with Crippen molar-refractivity contribution < 1.29 is 4.74 Å². The summed E-state index contributed by atoms with van der Waals surface area (Å²) in [6.07, 6.45) is 2.65. The molecule has 0 aliphatic carbocycles. The molecular weight excluding hydrogens is 186 g/mol. The molecule has 15 heavy (non-hydrogen) atoms. The van der Waals surface area contributed by atoms with Crippen LogP contribution >= 0.6 is 0 Å². The Bertz CT molecular complexity index is 305. The van der Waals surface area contributed by atoms with Crippen molar-refractivity contribution in [3.05, 3.63) is 35.4 Å². The third-order valence-electron chi connectivity index (χ3n) is 3.00. The molecular formula is C13H19NO. The Hall–Kier alpha value is -0.860. The molecule has 1 aromatic carbocycles. The molecule has 1 aliphatic heterocycles. The van der Waals surface area contributed by atoms with Gasteiger partial charge in [0, 0.05) is 13.1 Å². The summed E-state index contributed by atoms with van der Waals surface area (Å²) >= 11 is 0. The van der Waals surface area contributed by atoms with Gasteiger partial charge >= 0.3 is 0 Å². The smallest absolute Gasteiger partial charge is 0.0703 e. The van der Waals surface area contributed by atoms with Crippen LogP contribution in [0, 0.1) is 6.92 Å². The fourth-order valence-corrected chi connectivity index (χ4v) is 2.01. The van der Waals surface area contributed by atoms with Crippen LogP contribution in [0.5, 0.6) is 0 Å². The molecule has 1 aliphatic rings. The zero-order valence-corrected chi connectivity index (χ0v) is 9.33. The van der Waals surface area contributed by atoms with Gasteiger partial charge in [0.1, 0.15) is 0 Å². The van der Waals surface area contributed by atoms with Gasteiger partial charge in [0.05, 0.1) is 12.7 Å². The van der Waals surface area contributed by atoms with E-state index in [1.807, 2.05) is 0 Å². The summed E-state index contributed by atoms with van der Waals surface area (Å²) in [5, 5.41) is 3.36. The van der Waals surface area contributed by atoms with Gasteiger partial charge in [-0.1, -0.05) is 24.3 Å². The van der Waals surface area contributed by atoms with Crippen molar-refractivity contribution in [1.29, 1.82) is 0 Å². The van der Waals surface area contributed by atoms with Crippen molar-refractivity contribution in [3.63, 3.8) is 0 Å². The van der Waals surface area contributed by atoms with Crippen LogP contribution in [0.15, 0.2) is 24.3 Å². The topological polar surface area (TPSA) is 21.3 Å². The molecule has 1 saturated heterocycles. The summed E-state index contributed by atoms with van der Waals surface area (Å²) in [6, 6.07) is 8.60. The zero-order chi connectivity index (χ0) is 10.5. The summed E-state index contributed by atoms with van der Waals surface area (Å²) < 4.78 is 5.68. The van der Waals surface area contributed by atoms with Crippen LogP contribution in [0.3, 0.4) is 0 Å². The SMILES string of the molecule is Cc1ccccc1CCC1CNCCO1. The number of hydrogen-bond acceptors (Lipinski definition) is 2. The second-order valence-corrected chi connectivity index (χ2v) is 4.16. The molecule has 1 heterocycles. The van der Waals surface area contributed by atoms with E-state index in [1.165, 1.54) is 11.1 Å². The third kappa shape index (κ3) is 3.05. The molecule has 1 N–H and O–H groups in total. The Morgan fingerprint density at radius 3 is 3.00 bits per heavy atom. The summed E-state index contributed by atoms with van der Waals surface area (Å²) in [4.78, 5) is 0. The molecule has 1 aromatic rings. The number of hydrogen-bond donors (Lipinski definition) is 1. The van der Waals surface area contributed by atoms with Crippen LogP contribution in [0.4, 0.5) is 0 Å². The molecule has 0 radical (unpaired) electrons. The van der Waals surface area contributed by atoms with E-state index in [0.29, 0.717) is 6.10 Å². The molecule has 1 fully saturated rings. The molecule has 0 aromatic heterocycles. The first-order chi connectivity index (χ1) is 7.36. The minimum atomic E-state index is 0.401.